The summed E-state index contributed by atoms with van der Waals surface area (Å²) in [6.45, 7) is 1.62. The van der Waals surface area contributed by atoms with Crippen LogP contribution < -0.4 is 0 Å². The maximum Gasteiger partial charge on any atom is 0.159 e. The highest BCUT2D eigenvalue weighted by molar-refractivity contribution is 8.20. The molecule has 1 nitrogen and oxygen atoms in total. The van der Waals surface area contributed by atoms with Crippen LogP contribution in [0.3, 0.4) is 0 Å². The fourth-order valence-electron chi connectivity index (χ4n) is 2.66. The molecule has 24 heavy (non-hydrogen) atoms. The standard InChI is InChI=1S/C18H18OS2.CH2Cl2/c1-13(19)14-7-9-16(10-8-14)17(18-20-11-12-21-18)15-5-3-2-4-6-15;2-1-3/h2-10,17-18H,11-12H2,1H3;1H2. The van der Waals surface area contributed by atoms with Gasteiger partial charge in [0.15, 0.2) is 5.78 Å². The molecule has 5 heteroatoms. The highest BCUT2D eigenvalue weighted by atomic mass is 35.5. The molecule has 1 aliphatic heterocycles. The summed E-state index contributed by atoms with van der Waals surface area (Å²) in [4.78, 5) is 11.4. The molecule has 1 atom stereocenters. The van der Waals surface area contributed by atoms with Crippen LogP contribution in [0, 0.1) is 0 Å². The molecule has 0 aliphatic carbocycles. The second kappa shape index (κ2) is 10.4. The second-order valence-corrected chi connectivity index (χ2v) is 8.88. The van der Waals surface area contributed by atoms with Gasteiger partial charge in [-0.05, 0) is 18.1 Å². The van der Waals surface area contributed by atoms with Crippen molar-refractivity contribution in [3.63, 3.8) is 0 Å². The van der Waals surface area contributed by atoms with E-state index in [9.17, 15) is 4.79 Å². The van der Waals surface area contributed by atoms with Gasteiger partial charge >= 0.3 is 0 Å². The molecule has 1 saturated heterocycles. The summed E-state index contributed by atoms with van der Waals surface area (Å²) in [6, 6.07) is 18.9. The van der Waals surface area contributed by atoms with Gasteiger partial charge in [0.2, 0.25) is 0 Å². The summed E-state index contributed by atoms with van der Waals surface area (Å²) in [7, 11) is 0. The molecule has 0 amide bonds. The number of alkyl halides is 2. The van der Waals surface area contributed by atoms with E-state index in [4.69, 9.17) is 23.2 Å². The van der Waals surface area contributed by atoms with Crippen molar-refractivity contribution in [1.82, 2.24) is 0 Å². The van der Waals surface area contributed by atoms with Crippen molar-refractivity contribution in [2.75, 3.05) is 16.8 Å². The Morgan fingerprint density at radius 1 is 1.00 bits per heavy atom. The largest absolute Gasteiger partial charge is 0.295 e. The number of carbonyl (C=O) groups excluding carboxylic acids is 1. The van der Waals surface area contributed by atoms with E-state index in [1.165, 1.54) is 22.6 Å². The van der Waals surface area contributed by atoms with Gasteiger partial charge < -0.3 is 0 Å². The van der Waals surface area contributed by atoms with Crippen LogP contribution in [0.1, 0.15) is 34.3 Å². The Kier molecular flexibility index (Phi) is 8.54. The van der Waals surface area contributed by atoms with Crippen molar-refractivity contribution in [3.8, 4) is 0 Å². The molecule has 0 radical (unpaired) electrons. The van der Waals surface area contributed by atoms with E-state index in [-0.39, 0.29) is 11.1 Å². The first kappa shape index (κ1) is 19.7. The zero-order chi connectivity index (χ0) is 17.4. The van der Waals surface area contributed by atoms with Gasteiger partial charge in [0.05, 0.1) is 9.92 Å². The Balaban J connectivity index is 0.000000647. The van der Waals surface area contributed by atoms with Gasteiger partial charge in [-0.15, -0.1) is 46.7 Å². The number of carbonyl (C=O) groups is 1. The first-order chi connectivity index (χ1) is 11.7. The maximum absolute atomic E-state index is 11.4. The van der Waals surface area contributed by atoms with E-state index in [2.05, 4.69) is 42.5 Å². The molecular formula is C19H20Cl2OS2. The smallest absolute Gasteiger partial charge is 0.159 e. The number of ketones is 1. The monoisotopic (exact) mass is 398 g/mol. The van der Waals surface area contributed by atoms with Crippen LogP contribution in [0.5, 0.6) is 0 Å². The number of benzene rings is 2. The average molecular weight is 399 g/mol. The predicted octanol–water partition coefficient (Wildman–Crippen LogP) is 6.25. The van der Waals surface area contributed by atoms with E-state index < -0.39 is 0 Å². The Hall–Kier alpha value is -0.610. The predicted molar refractivity (Wildman–Crippen MR) is 110 cm³/mol. The summed E-state index contributed by atoms with van der Waals surface area (Å²) in [5.74, 6) is 2.97. The highest BCUT2D eigenvalue weighted by Gasteiger charge is 2.28. The van der Waals surface area contributed by atoms with Crippen LogP contribution in [0.2, 0.25) is 0 Å². The van der Waals surface area contributed by atoms with E-state index in [1.54, 1.807) is 6.92 Å². The molecule has 1 heterocycles. The Morgan fingerprint density at radius 2 is 1.50 bits per heavy atom. The van der Waals surface area contributed by atoms with Crippen molar-refractivity contribution in [2.24, 2.45) is 0 Å². The van der Waals surface area contributed by atoms with Crippen molar-refractivity contribution in [1.29, 1.82) is 0 Å². The summed E-state index contributed by atoms with van der Waals surface area (Å²) in [5.41, 5.74) is 3.45. The quantitative estimate of drug-likeness (QED) is 0.447. The number of thioether (sulfide) groups is 2. The number of halogens is 2. The van der Waals surface area contributed by atoms with Gasteiger partial charge in [-0.2, -0.15) is 0 Å². The lowest BCUT2D eigenvalue weighted by atomic mass is 9.92. The van der Waals surface area contributed by atoms with Gasteiger partial charge in [-0.25, -0.2) is 0 Å². The summed E-state index contributed by atoms with van der Waals surface area (Å²) in [5, 5.41) is 0.194. The fraction of sp³-hybridized carbons (Fsp3) is 0.316. The number of Topliss-reactive ketones (excluding diaryl/α,β-unsaturated/α-hetero) is 1. The van der Waals surface area contributed by atoms with Crippen LogP contribution in [0.15, 0.2) is 54.6 Å². The van der Waals surface area contributed by atoms with E-state index in [0.29, 0.717) is 10.5 Å². The topological polar surface area (TPSA) is 17.1 Å². The molecule has 1 fully saturated rings. The third-order valence-corrected chi connectivity index (χ3v) is 6.91. The normalized spacial score (nSPS) is 15.5. The Bertz CT molecular complexity index is 626. The van der Waals surface area contributed by atoms with Crippen LogP contribution >= 0.6 is 46.7 Å². The molecule has 128 valence electrons. The molecule has 0 saturated carbocycles. The van der Waals surface area contributed by atoms with E-state index in [0.717, 1.165) is 5.56 Å². The molecule has 1 aliphatic rings. The van der Waals surface area contributed by atoms with Gasteiger partial charge in [0.25, 0.3) is 0 Å². The van der Waals surface area contributed by atoms with E-state index >= 15 is 0 Å². The molecule has 2 aromatic carbocycles. The number of rotatable bonds is 4. The average Bonchev–Trinajstić information content (AvgIpc) is 3.11. The first-order valence-electron chi connectivity index (χ1n) is 7.68. The Morgan fingerprint density at radius 3 is 2.00 bits per heavy atom. The third-order valence-electron chi connectivity index (χ3n) is 3.75. The lowest BCUT2D eigenvalue weighted by molar-refractivity contribution is 0.101. The lowest BCUT2D eigenvalue weighted by Gasteiger charge is -2.23. The van der Waals surface area contributed by atoms with Crippen molar-refractivity contribution < 1.29 is 4.79 Å². The molecule has 0 bridgehead atoms. The second-order valence-electron chi connectivity index (χ2n) is 5.28. The van der Waals surface area contributed by atoms with Gasteiger partial charge in [0.1, 0.15) is 0 Å². The van der Waals surface area contributed by atoms with Crippen LogP contribution in [-0.2, 0) is 0 Å². The molecule has 0 aromatic heterocycles. The number of hydrogen-bond donors (Lipinski definition) is 0. The van der Waals surface area contributed by atoms with Crippen molar-refractivity contribution >= 4 is 52.5 Å². The lowest BCUT2D eigenvalue weighted by Crippen LogP contribution is -2.12. The highest BCUT2D eigenvalue weighted by Crippen LogP contribution is 2.45. The van der Waals surface area contributed by atoms with E-state index in [1.807, 2.05) is 35.7 Å². The summed E-state index contributed by atoms with van der Waals surface area (Å²) < 4.78 is 0.565. The molecular weight excluding hydrogens is 379 g/mol. The SMILES string of the molecule is CC(=O)c1ccc(C(c2ccccc2)C2SCCS2)cc1.ClCCl. The summed E-state index contributed by atoms with van der Waals surface area (Å²) >= 11 is 13.6. The minimum absolute atomic E-state index is 0.127. The van der Waals surface area contributed by atoms with Crippen molar-refractivity contribution in [2.45, 2.75) is 17.4 Å². The fourth-order valence-corrected chi connectivity index (χ4v) is 5.87. The van der Waals surface area contributed by atoms with Crippen LogP contribution in [0.25, 0.3) is 0 Å². The third kappa shape index (κ3) is 5.45. The minimum atomic E-state index is 0.127. The van der Waals surface area contributed by atoms with Gasteiger partial charge in [-0.1, -0.05) is 54.6 Å². The molecule has 2 aromatic rings. The molecule has 0 N–H and O–H groups in total. The molecule has 3 rings (SSSR count). The first-order valence-corrected chi connectivity index (χ1v) is 10.8. The minimum Gasteiger partial charge on any atom is -0.295 e. The zero-order valence-electron chi connectivity index (χ0n) is 13.5. The molecule has 0 spiro atoms. The van der Waals surface area contributed by atoms with Gasteiger partial charge in [-0.3, -0.25) is 4.79 Å². The zero-order valence-corrected chi connectivity index (χ0v) is 16.6. The molecule has 1 unspecified atom stereocenters. The van der Waals surface area contributed by atoms with Crippen LogP contribution in [-0.4, -0.2) is 27.2 Å². The van der Waals surface area contributed by atoms with Gasteiger partial charge in [0, 0.05) is 23.0 Å². The Labute approximate surface area is 162 Å². The maximum atomic E-state index is 11.4. The van der Waals surface area contributed by atoms with Crippen molar-refractivity contribution in [3.05, 3.63) is 71.3 Å². The number of hydrogen-bond acceptors (Lipinski definition) is 3. The summed E-state index contributed by atoms with van der Waals surface area (Å²) in [6.07, 6.45) is 0. The van der Waals surface area contributed by atoms with Crippen LogP contribution in [0.4, 0.5) is 0 Å².